The second kappa shape index (κ2) is 6.17. The minimum Gasteiger partial charge on any atom is -0.338 e. The van der Waals surface area contributed by atoms with Gasteiger partial charge in [-0.15, -0.1) is 11.6 Å². The maximum atomic E-state index is 13.1. The highest BCUT2D eigenvalue weighted by molar-refractivity contribution is 6.17. The van der Waals surface area contributed by atoms with E-state index in [1.807, 2.05) is 0 Å². The van der Waals surface area contributed by atoms with Gasteiger partial charge in [0.15, 0.2) is 0 Å². The van der Waals surface area contributed by atoms with Gasteiger partial charge in [-0.2, -0.15) is 0 Å². The Kier molecular flexibility index (Phi) is 4.54. The second-order valence-corrected chi connectivity index (χ2v) is 5.18. The van der Waals surface area contributed by atoms with Crippen molar-refractivity contribution in [2.24, 2.45) is 5.92 Å². The smallest absolute Gasteiger partial charge is 0.285 e. The van der Waals surface area contributed by atoms with Gasteiger partial charge in [-0.1, -0.05) is 0 Å². The zero-order valence-electron chi connectivity index (χ0n) is 10.7. The van der Waals surface area contributed by atoms with Gasteiger partial charge >= 0.3 is 0 Å². The van der Waals surface area contributed by atoms with Crippen LogP contribution in [-0.2, 0) is 0 Å². The molecule has 1 aliphatic heterocycles. The normalized spacial score (nSPS) is 18.3. The van der Waals surface area contributed by atoms with E-state index in [2.05, 4.69) is 0 Å². The number of carbonyl (C=O) groups is 1. The number of nitro groups is 1. The van der Waals surface area contributed by atoms with Crippen LogP contribution in [0.4, 0.5) is 10.1 Å². The number of carbonyl (C=O) groups excluding carboxylic acids is 1. The second-order valence-electron chi connectivity index (χ2n) is 4.80. The summed E-state index contributed by atoms with van der Waals surface area (Å²) >= 11 is 5.68. The molecule has 1 amide bonds. The van der Waals surface area contributed by atoms with E-state index in [9.17, 15) is 19.3 Å². The lowest BCUT2D eigenvalue weighted by Gasteiger charge is -2.16. The van der Waals surface area contributed by atoms with Gasteiger partial charge in [0.1, 0.15) is 11.4 Å². The molecule has 2 rings (SSSR count). The third-order valence-electron chi connectivity index (χ3n) is 3.48. The molecule has 0 radical (unpaired) electrons. The van der Waals surface area contributed by atoms with Crippen LogP contribution < -0.4 is 0 Å². The number of hydrogen-bond donors (Lipinski definition) is 0. The van der Waals surface area contributed by atoms with E-state index in [4.69, 9.17) is 11.6 Å². The van der Waals surface area contributed by atoms with Gasteiger partial charge < -0.3 is 4.90 Å². The fourth-order valence-corrected chi connectivity index (χ4v) is 2.72. The standard InChI is InChI=1S/C13H14ClFN2O3/c14-5-3-9-4-6-16(8-9)13(18)11-2-1-10(15)7-12(11)17(19)20/h1-2,7,9H,3-6,8H2. The summed E-state index contributed by atoms with van der Waals surface area (Å²) in [5, 5.41) is 10.9. The molecule has 0 aromatic heterocycles. The van der Waals surface area contributed by atoms with Crippen molar-refractivity contribution in [2.75, 3.05) is 19.0 Å². The minimum absolute atomic E-state index is 0.0667. The predicted octanol–water partition coefficient (Wildman–Crippen LogP) is 2.82. The molecule has 1 aromatic carbocycles. The number of amides is 1. The zero-order valence-corrected chi connectivity index (χ0v) is 11.5. The molecule has 0 saturated carbocycles. The summed E-state index contributed by atoms with van der Waals surface area (Å²) in [7, 11) is 0. The first-order valence-corrected chi connectivity index (χ1v) is 6.85. The highest BCUT2D eigenvalue weighted by Gasteiger charge is 2.30. The van der Waals surface area contributed by atoms with Crippen molar-refractivity contribution < 1.29 is 14.1 Å². The van der Waals surface area contributed by atoms with E-state index < -0.39 is 22.3 Å². The molecule has 1 atom stereocenters. The van der Waals surface area contributed by atoms with E-state index in [0.717, 1.165) is 25.0 Å². The third-order valence-corrected chi connectivity index (χ3v) is 3.70. The molecule has 1 aromatic rings. The van der Waals surface area contributed by atoms with Crippen molar-refractivity contribution in [3.8, 4) is 0 Å². The van der Waals surface area contributed by atoms with Crippen molar-refractivity contribution in [2.45, 2.75) is 12.8 Å². The first-order chi connectivity index (χ1) is 9.52. The Hall–Kier alpha value is -1.69. The monoisotopic (exact) mass is 300 g/mol. The zero-order chi connectivity index (χ0) is 14.7. The largest absolute Gasteiger partial charge is 0.338 e. The SMILES string of the molecule is O=C(c1ccc(F)cc1[N+](=O)[O-])N1CCC(CCCl)C1. The average Bonchev–Trinajstić information content (AvgIpc) is 2.87. The molecule has 0 aliphatic carbocycles. The molecule has 108 valence electrons. The van der Waals surface area contributed by atoms with Gasteiger partial charge in [-0.05, 0) is 30.9 Å². The van der Waals surface area contributed by atoms with Crippen molar-refractivity contribution >= 4 is 23.2 Å². The van der Waals surface area contributed by atoms with Crippen LogP contribution in [0.2, 0.25) is 0 Å². The summed E-state index contributed by atoms with van der Waals surface area (Å²) in [4.78, 5) is 24.0. The van der Waals surface area contributed by atoms with Crippen LogP contribution in [0.3, 0.4) is 0 Å². The maximum absolute atomic E-state index is 13.1. The Morgan fingerprint density at radius 1 is 1.55 bits per heavy atom. The summed E-state index contributed by atoms with van der Waals surface area (Å²) in [6.45, 7) is 1.09. The van der Waals surface area contributed by atoms with E-state index in [0.29, 0.717) is 24.9 Å². The quantitative estimate of drug-likeness (QED) is 0.488. The molecule has 5 nitrogen and oxygen atoms in total. The lowest BCUT2D eigenvalue weighted by Crippen LogP contribution is -2.29. The van der Waals surface area contributed by atoms with Gasteiger partial charge in [-0.3, -0.25) is 14.9 Å². The van der Waals surface area contributed by atoms with Gasteiger partial charge in [-0.25, -0.2) is 4.39 Å². The van der Waals surface area contributed by atoms with Crippen LogP contribution >= 0.6 is 11.6 Å². The molecule has 0 bridgehead atoms. The topological polar surface area (TPSA) is 63.4 Å². The maximum Gasteiger partial charge on any atom is 0.285 e. The van der Waals surface area contributed by atoms with E-state index >= 15 is 0 Å². The molecule has 1 aliphatic rings. The van der Waals surface area contributed by atoms with Crippen molar-refractivity contribution in [3.05, 3.63) is 39.7 Å². The van der Waals surface area contributed by atoms with Crippen LogP contribution in [-0.4, -0.2) is 34.7 Å². The average molecular weight is 301 g/mol. The van der Waals surface area contributed by atoms with E-state index in [1.54, 1.807) is 4.90 Å². The van der Waals surface area contributed by atoms with Gasteiger partial charge in [0.2, 0.25) is 0 Å². The summed E-state index contributed by atoms with van der Waals surface area (Å²) in [5.74, 6) is -0.289. The molecule has 1 saturated heterocycles. The minimum atomic E-state index is -0.734. The molecule has 0 N–H and O–H groups in total. The molecule has 1 unspecified atom stereocenters. The van der Waals surface area contributed by atoms with Crippen molar-refractivity contribution in [3.63, 3.8) is 0 Å². The molecule has 20 heavy (non-hydrogen) atoms. The first-order valence-electron chi connectivity index (χ1n) is 6.32. The Bertz CT molecular complexity index is 538. The number of benzene rings is 1. The molecular weight excluding hydrogens is 287 g/mol. The summed E-state index contributed by atoms with van der Waals surface area (Å²) in [5.41, 5.74) is -0.557. The number of alkyl halides is 1. The Morgan fingerprint density at radius 2 is 2.30 bits per heavy atom. The van der Waals surface area contributed by atoms with Gasteiger partial charge in [0, 0.05) is 19.0 Å². The Balaban J connectivity index is 2.20. The molecule has 1 fully saturated rings. The highest BCUT2D eigenvalue weighted by atomic mass is 35.5. The summed E-state index contributed by atoms with van der Waals surface area (Å²) in [6, 6.07) is 3.01. The molecular formula is C13H14ClFN2O3. The summed E-state index contributed by atoms with van der Waals surface area (Å²) < 4.78 is 13.1. The van der Waals surface area contributed by atoms with Crippen molar-refractivity contribution in [1.29, 1.82) is 0 Å². The number of halogens is 2. The van der Waals surface area contributed by atoms with E-state index in [-0.39, 0.29) is 5.56 Å². The lowest BCUT2D eigenvalue weighted by atomic mass is 10.1. The molecule has 1 heterocycles. The van der Waals surface area contributed by atoms with Crippen LogP contribution in [0.25, 0.3) is 0 Å². The van der Waals surface area contributed by atoms with Crippen molar-refractivity contribution in [1.82, 2.24) is 4.90 Å². The van der Waals surface area contributed by atoms with Crippen LogP contribution in [0.1, 0.15) is 23.2 Å². The van der Waals surface area contributed by atoms with Gasteiger partial charge in [0.05, 0.1) is 11.0 Å². The number of rotatable bonds is 4. The van der Waals surface area contributed by atoms with E-state index in [1.165, 1.54) is 6.07 Å². The number of nitrogens with zero attached hydrogens (tertiary/aromatic N) is 2. The van der Waals surface area contributed by atoms with Crippen LogP contribution in [0.5, 0.6) is 0 Å². The number of hydrogen-bond acceptors (Lipinski definition) is 3. The van der Waals surface area contributed by atoms with Crippen LogP contribution in [0.15, 0.2) is 18.2 Å². The fraction of sp³-hybridized carbons (Fsp3) is 0.462. The van der Waals surface area contributed by atoms with Gasteiger partial charge in [0.25, 0.3) is 11.6 Å². The van der Waals surface area contributed by atoms with Crippen LogP contribution in [0, 0.1) is 21.8 Å². The lowest BCUT2D eigenvalue weighted by molar-refractivity contribution is -0.385. The number of nitro benzene ring substituents is 1. The first kappa shape index (κ1) is 14.7. The Morgan fingerprint density at radius 3 is 2.95 bits per heavy atom. The predicted molar refractivity (Wildman–Crippen MR) is 72.4 cm³/mol. The molecule has 0 spiro atoms. The third kappa shape index (κ3) is 3.07. The summed E-state index contributed by atoms with van der Waals surface area (Å²) in [6.07, 6.45) is 1.66. The number of likely N-dealkylation sites (tertiary alicyclic amines) is 1. The Labute approximate surface area is 120 Å². The highest BCUT2D eigenvalue weighted by Crippen LogP contribution is 2.26. The fourth-order valence-electron chi connectivity index (χ4n) is 2.41. The molecule has 7 heteroatoms.